The molecule has 1 aromatic heterocycles. The number of likely N-dealkylation sites (N-methyl/N-ethyl adjacent to an activating group) is 1. The summed E-state index contributed by atoms with van der Waals surface area (Å²) in [7, 11) is 4.05. The molecule has 0 unspecified atom stereocenters. The predicted molar refractivity (Wildman–Crippen MR) is 110 cm³/mol. The second-order valence-corrected chi connectivity index (χ2v) is 7.48. The van der Waals surface area contributed by atoms with Crippen LogP contribution in [0, 0.1) is 0 Å². The zero-order valence-electron chi connectivity index (χ0n) is 15.6. The molecule has 1 N–H and O–H groups in total. The van der Waals surface area contributed by atoms with E-state index in [9.17, 15) is 4.79 Å². The fourth-order valence-corrected chi connectivity index (χ4v) is 3.67. The number of nitrogens with zero attached hydrogens (tertiary/aromatic N) is 1. The Kier molecular flexibility index (Phi) is 6.63. The predicted octanol–water partition coefficient (Wildman–Crippen LogP) is 4.36. The molecule has 5 heteroatoms. The summed E-state index contributed by atoms with van der Waals surface area (Å²) in [6.45, 7) is 1.05. The van der Waals surface area contributed by atoms with Gasteiger partial charge in [0.1, 0.15) is 12.4 Å². The number of carbonyl (C=O) groups is 1. The monoisotopic (exact) mass is 380 g/mol. The van der Waals surface area contributed by atoms with E-state index in [2.05, 4.69) is 21.7 Å². The molecule has 1 amide bonds. The topological polar surface area (TPSA) is 41.6 Å². The molecule has 3 rings (SSSR count). The molecule has 0 fully saturated rings. The first-order chi connectivity index (χ1) is 13.1. The standard InChI is InChI=1S/C22H24N2O2S/c1-24(2)20(21-9-6-14-27-21)15-23-22(25)18-12-10-17(11-13-18)16-26-19-7-4-3-5-8-19/h3-14,20H,15-16H2,1-2H3,(H,23,25)/t20-/m1/s1. The average Bonchev–Trinajstić information content (AvgIpc) is 3.22. The van der Waals surface area contributed by atoms with Gasteiger partial charge in [0.2, 0.25) is 0 Å². The first-order valence-electron chi connectivity index (χ1n) is 8.88. The first-order valence-corrected chi connectivity index (χ1v) is 9.76. The minimum atomic E-state index is -0.0612. The smallest absolute Gasteiger partial charge is 0.251 e. The molecule has 27 heavy (non-hydrogen) atoms. The van der Waals surface area contributed by atoms with Crippen molar-refractivity contribution in [3.05, 3.63) is 88.1 Å². The quantitative estimate of drug-likeness (QED) is 0.631. The Hall–Kier alpha value is -2.63. The highest BCUT2D eigenvalue weighted by Crippen LogP contribution is 2.22. The number of carbonyl (C=O) groups excluding carboxylic acids is 1. The van der Waals surface area contributed by atoms with E-state index in [1.807, 2.05) is 74.8 Å². The summed E-state index contributed by atoms with van der Waals surface area (Å²) in [4.78, 5) is 15.8. The van der Waals surface area contributed by atoms with Crippen LogP contribution >= 0.6 is 11.3 Å². The first kappa shape index (κ1) is 19.1. The van der Waals surface area contributed by atoms with Gasteiger partial charge in [-0.3, -0.25) is 4.79 Å². The van der Waals surface area contributed by atoms with Crippen LogP contribution in [-0.4, -0.2) is 31.4 Å². The van der Waals surface area contributed by atoms with Crippen molar-refractivity contribution in [3.63, 3.8) is 0 Å². The van der Waals surface area contributed by atoms with Crippen LogP contribution < -0.4 is 10.1 Å². The van der Waals surface area contributed by atoms with Crippen molar-refractivity contribution in [2.75, 3.05) is 20.6 Å². The zero-order valence-corrected chi connectivity index (χ0v) is 16.4. The molecule has 0 saturated carbocycles. The minimum absolute atomic E-state index is 0.0612. The Labute approximate surface area is 164 Å². The lowest BCUT2D eigenvalue weighted by atomic mass is 10.1. The number of hydrogen-bond donors (Lipinski definition) is 1. The summed E-state index contributed by atoms with van der Waals surface area (Å²) in [5, 5.41) is 5.10. The third-order valence-electron chi connectivity index (χ3n) is 4.32. The van der Waals surface area contributed by atoms with Crippen LogP contribution in [0.2, 0.25) is 0 Å². The Morgan fingerprint density at radius 2 is 1.78 bits per heavy atom. The van der Waals surface area contributed by atoms with E-state index in [0.29, 0.717) is 18.7 Å². The van der Waals surface area contributed by atoms with Gasteiger partial charge in [-0.15, -0.1) is 11.3 Å². The summed E-state index contributed by atoms with van der Waals surface area (Å²) in [6.07, 6.45) is 0. The maximum Gasteiger partial charge on any atom is 0.251 e. The number of nitrogens with one attached hydrogen (secondary N) is 1. The second-order valence-electron chi connectivity index (χ2n) is 6.50. The molecule has 140 valence electrons. The minimum Gasteiger partial charge on any atom is -0.489 e. The molecule has 4 nitrogen and oxygen atoms in total. The molecular weight excluding hydrogens is 356 g/mol. The van der Waals surface area contributed by atoms with Crippen molar-refractivity contribution in [2.24, 2.45) is 0 Å². The number of rotatable bonds is 8. The van der Waals surface area contributed by atoms with Gasteiger partial charge in [0.25, 0.3) is 5.91 Å². The summed E-state index contributed by atoms with van der Waals surface area (Å²) in [5.41, 5.74) is 1.68. The fraction of sp³-hybridized carbons (Fsp3) is 0.227. The summed E-state index contributed by atoms with van der Waals surface area (Å²) < 4.78 is 5.73. The number of amides is 1. The normalized spacial score (nSPS) is 12.0. The highest BCUT2D eigenvalue weighted by molar-refractivity contribution is 7.10. The van der Waals surface area contributed by atoms with E-state index in [1.165, 1.54) is 4.88 Å². The van der Waals surface area contributed by atoms with Gasteiger partial charge in [-0.05, 0) is 55.4 Å². The van der Waals surface area contributed by atoms with Gasteiger partial charge < -0.3 is 15.0 Å². The van der Waals surface area contributed by atoms with Crippen LogP contribution in [-0.2, 0) is 6.61 Å². The second kappa shape index (κ2) is 9.35. The molecule has 1 heterocycles. The third kappa shape index (κ3) is 5.42. The van der Waals surface area contributed by atoms with Crippen LogP contribution in [0.15, 0.2) is 72.1 Å². The van der Waals surface area contributed by atoms with E-state index in [4.69, 9.17) is 4.74 Å². The van der Waals surface area contributed by atoms with E-state index in [0.717, 1.165) is 11.3 Å². The Morgan fingerprint density at radius 1 is 1.04 bits per heavy atom. The van der Waals surface area contributed by atoms with E-state index >= 15 is 0 Å². The molecule has 0 radical (unpaired) electrons. The van der Waals surface area contributed by atoms with Gasteiger partial charge in [-0.1, -0.05) is 36.4 Å². The highest BCUT2D eigenvalue weighted by atomic mass is 32.1. The van der Waals surface area contributed by atoms with Crippen molar-refractivity contribution in [3.8, 4) is 5.75 Å². The number of thiophene rings is 1. The molecule has 0 saturated heterocycles. The van der Waals surface area contributed by atoms with Crippen LogP contribution in [0.25, 0.3) is 0 Å². The lowest BCUT2D eigenvalue weighted by molar-refractivity contribution is 0.0942. The molecule has 0 aliphatic rings. The fourth-order valence-electron chi connectivity index (χ4n) is 2.75. The van der Waals surface area contributed by atoms with Gasteiger partial charge in [0.05, 0.1) is 6.04 Å². The Bertz CT molecular complexity index is 831. The van der Waals surface area contributed by atoms with Gasteiger partial charge >= 0.3 is 0 Å². The molecule has 0 aliphatic heterocycles. The van der Waals surface area contributed by atoms with Crippen molar-refractivity contribution in [1.29, 1.82) is 0 Å². The molecule has 0 spiro atoms. The number of hydrogen-bond acceptors (Lipinski definition) is 4. The van der Waals surface area contributed by atoms with Crippen molar-refractivity contribution in [1.82, 2.24) is 10.2 Å². The molecule has 2 aromatic carbocycles. The van der Waals surface area contributed by atoms with Crippen molar-refractivity contribution < 1.29 is 9.53 Å². The SMILES string of the molecule is CN(C)[C@H](CNC(=O)c1ccc(COc2ccccc2)cc1)c1cccs1. The average molecular weight is 381 g/mol. The zero-order chi connectivity index (χ0) is 19.1. The molecule has 1 atom stereocenters. The maximum atomic E-state index is 12.5. The lowest BCUT2D eigenvalue weighted by Gasteiger charge is -2.23. The molecular formula is C22H24N2O2S. The summed E-state index contributed by atoms with van der Waals surface area (Å²) in [5.74, 6) is 0.775. The van der Waals surface area contributed by atoms with Gasteiger partial charge in [-0.25, -0.2) is 0 Å². The van der Waals surface area contributed by atoms with Gasteiger partial charge in [-0.2, -0.15) is 0 Å². The maximum absolute atomic E-state index is 12.5. The Balaban J connectivity index is 1.54. The molecule has 3 aromatic rings. The largest absolute Gasteiger partial charge is 0.489 e. The summed E-state index contributed by atoms with van der Waals surface area (Å²) >= 11 is 1.71. The van der Waals surface area contributed by atoms with E-state index in [-0.39, 0.29) is 11.9 Å². The van der Waals surface area contributed by atoms with Crippen LogP contribution in [0.1, 0.15) is 26.8 Å². The number of ether oxygens (including phenoxy) is 1. The summed E-state index contributed by atoms with van der Waals surface area (Å²) in [6, 6.07) is 21.6. The highest BCUT2D eigenvalue weighted by Gasteiger charge is 2.16. The van der Waals surface area contributed by atoms with Crippen LogP contribution in [0.5, 0.6) is 5.75 Å². The molecule has 0 bridgehead atoms. The lowest BCUT2D eigenvalue weighted by Crippen LogP contribution is -2.34. The van der Waals surface area contributed by atoms with Crippen molar-refractivity contribution >= 4 is 17.2 Å². The third-order valence-corrected chi connectivity index (χ3v) is 5.29. The van der Waals surface area contributed by atoms with Gasteiger partial charge in [0, 0.05) is 17.0 Å². The van der Waals surface area contributed by atoms with E-state index in [1.54, 1.807) is 11.3 Å². The van der Waals surface area contributed by atoms with Crippen LogP contribution in [0.3, 0.4) is 0 Å². The van der Waals surface area contributed by atoms with Crippen LogP contribution in [0.4, 0.5) is 0 Å². The van der Waals surface area contributed by atoms with Gasteiger partial charge in [0.15, 0.2) is 0 Å². The Morgan fingerprint density at radius 3 is 2.41 bits per heavy atom. The number of benzene rings is 2. The van der Waals surface area contributed by atoms with E-state index < -0.39 is 0 Å². The molecule has 0 aliphatic carbocycles. The van der Waals surface area contributed by atoms with Crippen molar-refractivity contribution in [2.45, 2.75) is 12.6 Å². The number of para-hydroxylation sites is 1.